The summed E-state index contributed by atoms with van der Waals surface area (Å²) in [6.07, 6.45) is -4.67. The van der Waals surface area contributed by atoms with Crippen LogP contribution in [0, 0.1) is 18.6 Å². The quantitative estimate of drug-likeness (QED) is 0.621. The molecule has 77 valence electrons. The van der Waals surface area contributed by atoms with Crippen molar-refractivity contribution in [2.45, 2.75) is 12.1 Å². The van der Waals surface area contributed by atoms with Crippen molar-refractivity contribution in [1.82, 2.24) is 0 Å². The molecule has 1 unspecified atom stereocenters. The fourth-order valence-electron chi connectivity index (χ4n) is 0.966. The zero-order chi connectivity index (χ0) is 10.9. The molecule has 0 fully saturated rings. The minimum Gasteiger partial charge on any atom is -0.204 e. The van der Waals surface area contributed by atoms with Crippen LogP contribution in [0.25, 0.3) is 0 Å². The van der Waals surface area contributed by atoms with Gasteiger partial charge in [0.2, 0.25) is 0 Å². The highest BCUT2D eigenvalue weighted by atomic mass is 19.4. The average molecular weight is 209 g/mol. The standard InChI is InChI=1S/C9H6F5/c1-5(9(12,13)14)6-3-2-4-7(10)8(6)11/h2-5H,1H2. The molecule has 0 amide bonds. The number of hydrogen-bond acceptors (Lipinski definition) is 0. The first-order chi connectivity index (χ1) is 6.34. The summed E-state index contributed by atoms with van der Waals surface area (Å²) in [5.74, 6) is -5.05. The minimum atomic E-state index is -4.67. The van der Waals surface area contributed by atoms with Crippen LogP contribution in [0.3, 0.4) is 0 Å². The van der Waals surface area contributed by atoms with E-state index in [0.717, 1.165) is 18.2 Å². The first-order valence-corrected chi connectivity index (χ1v) is 3.67. The molecule has 0 bridgehead atoms. The van der Waals surface area contributed by atoms with Gasteiger partial charge in [-0.15, -0.1) is 0 Å². The van der Waals surface area contributed by atoms with E-state index in [1.807, 2.05) is 0 Å². The van der Waals surface area contributed by atoms with Crippen molar-refractivity contribution < 1.29 is 22.0 Å². The van der Waals surface area contributed by atoms with Crippen LogP contribution in [-0.2, 0) is 0 Å². The van der Waals surface area contributed by atoms with Crippen molar-refractivity contribution >= 4 is 0 Å². The molecule has 5 heteroatoms. The molecule has 1 aromatic carbocycles. The second-order valence-corrected chi connectivity index (χ2v) is 2.74. The molecule has 0 aliphatic carbocycles. The van der Waals surface area contributed by atoms with Gasteiger partial charge in [-0.2, -0.15) is 13.2 Å². The summed E-state index contributed by atoms with van der Waals surface area (Å²) in [6.45, 7) is 2.75. The molecule has 0 saturated carbocycles. The molecule has 0 aliphatic heterocycles. The molecule has 14 heavy (non-hydrogen) atoms. The predicted molar refractivity (Wildman–Crippen MR) is 40.5 cm³/mol. The van der Waals surface area contributed by atoms with Crippen LogP contribution in [0.4, 0.5) is 22.0 Å². The summed E-state index contributed by atoms with van der Waals surface area (Å²) in [5, 5.41) is 0. The largest absolute Gasteiger partial charge is 0.395 e. The van der Waals surface area contributed by atoms with Gasteiger partial charge in [-0.25, -0.2) is 8.78 Å². The zero-order valence-electron chi connectivity index (χ0n) is 6.91. The highest BCUT2D eigenvalue weighted by molar-refractivity contribution is 5.25. The maximum Gasteiger partial charge on any atom is 0.395 e. The molecule has 1 rings (SSSR count). The predicted octanol–water partition coefficient (Wildman–Crippen LogP) is 3.44. The summed E-state index contributed by atoms with van der Waals surface area (Å²) in [5.41, 5.74) is -0.780. The van der Waals surface area contributed by atoms with E-state index >= 15 is 0 Å². The molecule has 0 aliphatic rings. The Morgan fingerprint density at radius 2 is 1.71 bits per heavy atom. The third-order valence-corrected chi connectivity index (χ3v) is 1.75. The van der Waals surface area contributed by atoms with Gasteiger partial charge in [0.15, 0.2) is 11.6 Å². The van der Waals surface area contributed by atoms with Crippen LogP contribution in [0.15, 0.2) is 18.2 Å². The van der Waals surface area contributed by atoms with Crippen LogP contribution >= 0.6 is 0 Å². The van der Waals surface area contributed by atoms with E-state index in [2.05, 4.69) is 6.92 Å². The number of hydrogen-bond donors (Lipinski definition) is 0. The zero-order valence-corrected chi connectivity index (χ0v) is 6.91. The first kappa shape index (κ1) is 10.9. The molecule has 1 aromatic rings. The molecular weight excluding hydrogens is 203 g/mol. The van der Waals surface area contributed by atoms with Crippen molar-refractivity contribution in [1.29, 1.82) is 0 Å². The van der Waals surface area contributed by atoms with Gasteiger partial charge < -0.3 is 0 Å². The Kier molecular flexibility index (Phi) is 2.78. The number of benzene rings is 1. The van der Waals surface area contributed by atoms with Crippen LogP contribution in [0.1, 0.15) is 11.5 Å². The van der Waals surface area contributed by atoms with Crippen molar-refractivity contribution in [3.8, 4) is 0 Å². The lowest BCUT2D eigenvalue weighted by Gasteiger charge is -2.16. The Morgan fingerprint density at radius 3 is 2.21 bits per heavy atom. The normalized spacial score (nSPS) is 14.1. The van der Waals surface area contributed by atoms with Gasteiger partial charge in [0, 0.05) is 5.56 Å². The highest BCUT2D eigenvalue weighted by Crippen LogP contribution is 2.35. The maximum atomic E-state index is 12.9. The van der Waals surface area contributed by atoms with Crippen molar-refractivity contribution in [2.24, 2.45) is 0 Å². The Hall–Kier alpha value is -1.13. The average Bonchev–Trinajstić information content (AvgIpc) is 2.07. The van der Waals surface area contributed by atoms with Crippen molar-refractivity contribution in [3.63, 3.8) is 0 Å². The van der Waals surface area contributed by atoms with Gasteiger partial charge in [-0.3, -0.25) is 0 Å². The lowest BCUT2D eigenvalue weighted by molar-refractivity contribution is -0.140. The molecule has 0 aromatic heterocycles. The van der Waals surface area contributed by atoms with Gasteiger partial charge in [-0.05, 0) is 13.0 Å². The van der Waals surface area contributed by atoms with Crippen LogP contribution in [0.2, 0.25) is 0 Å². The third kappa shape index (κ3) is 2.02. The monoisotopic (exact) mass is 209 g/mol. The second-order valence-electron chi connectivity index (χ2n) is 2.74. The number of alkyl halides is 3. The molecular formula is C9H6F5. The first-order valence-electron chi connectivity index (χ1n) is 3.67. The van der Waals surface area contributed by atoms with E-state index < -0.39 is 29.3 Å². The fourth-order valence-corrected chi connectivity index (χ4v) is 0.966. The summed E-state index contributed by atoms with van der Waals surface area (Å²) in [6, 6.07) is 2.63. The molecule has 0 nitrogen and oxygen atoms in total. The van der Waals surface area contributed by atoms with E-state index in [1.165, 1.54) is 0 Å². The summed E-state index contributed by atoms with van der Waals surface area (Å²) in [7, 11) is 0. The molecule has 1 atom stereocenters. The SMILES string of the molecule is [CH2]C(c1cccc(F)c1F)C(F)(F)F. The summed E-state index contributed by atoms with van der Waals surface area (Å²) in [4.78, 5) is 0. The minimum absolute atomic E-state index is 0.752. The lowest BCUT2D eigenvalue weighted by Crippen LogP contribution is -2.19. The van der Waals surface area contributed by atoms with Gasteiger partial charge in [0.25, 0.3) is 0 Å². The molecule has 0 saturated heterocycles. The Balaban J connectivity index is 3.14. The second kappa shape index (κ2) is 3.55. The molecule has 0 spiro atoms. The van der Waals surface area contributed by atoms with Gasteiger partial charge >= 0.3 is 6.18 Å². The van der Waals surface area contributed by atoms with E-state index in [9.17, 15) is 22.0 Å². The fraction of sp³-hybridized carbons (Fsp3) is 0.222. The molecule has 0 N–H and O–H groups in total. The van der Waals surface area contributed by atoms with E-state index in [4.69, 9.17) is 0 Å². The molecule has 0 heterocycles. The van der Waals surface area contributed by atoms with Crippen molar-refractivity contribution in [2.75, 3.05) is 0 Å². The number of halogens is 5. The summed E-state index contributed by atoms with van der Waals surface area (Å²) < 4.78 is 61.7. The van der Waals surface area contributed by atoms with E-state index in [0.29, 0.717) is 0 Å². The van der Waals surface area contributed by atoms with Crippen LogP contribution < -0.4 is 0 Å². The topological polar surface area (TPSA) is 0 Å². The van der Waals surface area contributed by atoms with Gasteiger partial charge in [-0.1, -0.05) is 12.1 Å². The van der Waals surface area contributed by atoms with E-state index in [-0.39, 0.29) is 0 Å². The highest BCUT2D eigenvalue weighted by Gasteiger charge is 2.38. The maximum absolute atomic E-state index is 12.9. The lowest BCUT2D eigenvalue weighted by atomic mass is 10.00. The van der Waals surface area contributed by atoms with E-state index in [1.54, 1.807) is 0 Å². The van der Waals surface area contributed by atoms with Gasteiger partial charge in [0.1, 0.15) is 0 Å². The van der Waals surface area contributed by atoms with Crippen molar-refractivity contribution in [3.05, 3.63) is 42.3 Å². The Morgan fingerprint density at radius 1 is 1.14 bits per heavy atom. The third-order valence-electron chi connectivity index (χ3n) is 1.75. The van der Waals surface area contributed by atoms with Gasteiger partial charge in [0.05, 0.1) is 5.92 Å². The smallest absolute Gasteiger partial charge is 0.204 e. The van der Waals surface area contributed by atoms with Crippen LogP contribution in [-0.4, -0.2) is 6.18 Å². The summed E-state index contributed by atoms with van der Waals surface area (Å²) >= 11 is 0. The number of rotatable bonds is 1. The Labute approximate surface area is 77.4 Å². The Bertz CT molecular complexity index is 328. The van der Waals surface area contributed by atoms with Crippen LogP contribution in [0.5, 0.6) is 0 Å². The molecule has 1 radical (unpaired) electrons.